The second-order valence-corrected chi connectivity index (χ2v) is 5.61. The molecule has 1 heterocycles. The third-order valence-corrected chi connectivity index (χ3v) is 4.39. The van der Waals surface area contributed by atoms with Crippen molar-refractivity contribution >= 4 is 15.7 Å². The zero-order valence-corrected chi connectivity index (χ0v) is 9.50. The molecule has 0 amide bonds. The molecule has 92 valence electrons. The lowest BCUT2D eigenvalue weighted by Crippen LogP contribution is -2.53. The van der Waals surface area contributed by atoms with Crippen molar-refractivity contribution in [1.29, 1.82) is 0 Å². The summed E-state index contributed by atoms with van der Waals surface area (Å²) in [5.41, 5.74) is -0.450. The Morgan fingerprint density at radius 3 is 2.47 bits per heavy atom. The van der Waals surface area contributed by atoms with Crippen LogP contribution in [0, 0.1) is 10.1 Å². The minimum Gasteiger partial charge on any atom is -0.390 e. The van der Waals surface area contributed by atoms with Crippen LogP contribution in [0.3, 0.4) is 0 Å². The summed E-state index contributed by atoms with van der Waals surface area (Å²) >= 11 is 0. The van der Waals surface area contributed by atoms with Crippen molar-refractivity contribution in [2.75, 3.05) is 13.1 Å². The number of aliphatic hydroxyl groups excluding tert-OH is 1. The highest BCUT2D eigenvalue weighted by atomic mass is 32.2. The molecule has 1 N–H and O–H groups in total. The quantitative estimate of drug-likeness (QED) is 0.605. The molecule has 0 saturated carbocycles. The van der Waals surface area contributed by atoms with Gasteiger partial charge in [-0.15, -0.1) is 0 Å². The molecule has 0 aliphatic carbocycles. The summed E-state index contributed by atoms with van der Waals surface area (Å²) in [6.45, 7) is -0.0389. The van der Waals surface area contributed by atoms with Crippen molar-refractivity contribution in [3.63, 3.8) is 0 Å². The molecule has 1 aromatic rings. The molecule has 1 fully saturated rings. The summed E-state index contributed by atoms with van der Waals surface area (Å²) < 4.78 is 25.0. The summed E-state index contributed by atoms with van der Waals surface area (Å²) in [4.78, 5) is 9.67. The van der Waals surface area contributed by atoms with Crippen LogP contribution in [0.25, 0.3) is 0 Å². The summed E-state index contributed by atoms with van der Waals surface area (Å²) in [7, 11) is -3.88. The first-order chi connectivity index (χ1) is 7.93. The van der Waals surface area contributed by atoms with Crippen molar-refractivity contribution in [3.05, 3.63) is 34.4 Å². The number of nitrogens with zero attached hydrogens (tertiary/aromatic N) is 2. The second kappa shape index (κ2) is 4.06. The number of rotatable bonds is 3. The van der Waals surface area contributed by atoms with Crippen molar-refractivity contribution in [3.8, 4) is 0 Å². The molecule has 0 bridgehead atoms. The van der Waals surface area contributed by atoms with Gasteiger partial charge in [0.15, 0.2) is 4.90 Å². The van der Waals surface area contributed by atoms with Crippen LogP contribution in [0.1, 0.15) is 0 Å². The van der Waals surface area contributed by atoms with E-state index in [9.17, 15) is 18.5 Å². The average molecular weight is 258 g/mol. The SMILES string of the molecule is O=[N+]([O-])c1ccccc1S(=O)(=O)N1CC(O)C1. The predicted molar refractivity (Wildman–Crippen MR) is 57.9 cm³/mol. The van der Waals surface area contributed by atoms with Gasteiger partial charge in [0.05, 0.1) is 11.0 Å². The lowest BCUT2D eigenvalue weighted by atomic mass is 10.2. The summed E-state index contributed by atoms with van der Waals surface area (Å²) in [5, 5.41) is 19.8. The summed E-state index contributed by atoms with van der Waals surface area (Å²) in [6.07, 6.45) is -0.687. The van der Waals surface area contributed by atoms with Crippen LogP contribution < -0.4 is 0 Å². The molecular formula is C9H10N2O5S. The van der Waals surface area contributed by atoms with Crippen LogP contribution in [-0.2, 0) is 10.0 Å². The largest absolute Gasteiger partial charge is 0.390 e. The Balaban J connectivity index is 2.43. The standard InChI is InChI=1S/C9H10N2O5S/c12-7-5-10(6-7)17(15,16)9-4-2-1-3-8(9)11(13)14/h1-4,7,12H,5-6H2. The average Bonchev–Trinajstić information content (AvgIpc) is 2.24. The van der Waals surface area contributed by atoms with E-state index in [4.69, 9.17) is 5.11 Å². The minimum atomic E-state index is -3.88. The molecule has 7 nitrogen and oxygen atoms in total. The van der Waals surface area contributed by atoms with Gasteiger partial charge in [0.25, 0.3) is 5.69 Å². The fourth-order valence-electron chi connectivity index (χ4n) is 1.58. The van der Waals surface area contributed by atoms with E-state index >= 15 is 0 Å². The zero-order valence-electron chi connectivity index (χ0n) is 8.68. The number of hydrogen-bond donors (Lipinski definition) is 1. The fraction of sp³-hybridized carbons (Fsp3) is 0.333. The first kappa shape index (κ1) is 12.0. The van der Waals surface area contributed by atoms with Gasteiger partial charge in [-0.1, -0.05) is 12.1 Å². The molecule has 1 aliphatic heterocycles. The topological polar surface area (TPSA) is 101 Å². The van der Waals surface area contributed by atoms with Crippen molar-refractivity contribution in [2.45, 2.75) is 11.0 Å². The Hall–Kier alpha value is -1.51. The Labute approximate surface area is 97.5 Å². The number of aliphatic hydroxyl groups is 1. The molecule has 1 aliphatic rings. The normalized spacial score (nSPS) is 17.7. The number of nitro benzene ring substituents is 1. The number of sulfonamides is 1. The minimum absolute atomic E-state index is 0.0195. The monoisotopic (exact) mass is 258 g/mol. The Morgan fingerprint density at radius 2 is 1.94 bits per heavy atom. The van der Waals surface area contributed by atoms with Crippen molar-refractivity contribution < 1.29 is 18.4 Å². The van der Waals surface area contributed by atoms with Gasteiger partial charge in [0, 0.05) is 19.2 Å². The lowest BCUT2D eigenvalue weighted by molar-refractivity contribution is -0.387. The van der Waals surface area contributed by atoms with Crippen molar-refractivity contribution in [2.24, 2.45) is 0 Å². The van der Waals surface area contributed by atoms with E-state index < -0.39 is 26.7 Å². The molecule has 0 aromatic heterocycles. The smallest absolute Gasteiger partial charge is 0.289 e. The van der Waals surface area contributed by atoms with Crippen LogP contribution >= 0.6 is 0 Å². The van der Waals surface area contributed by atoms with E-state index in [1.165, 1.54) is 18.2 Å². The van der Waals surface area contributed by atoms with Gasteiger partial charge in [-0.25, -0.2) is 8.42 Å². The van der Waals surface area contributed by atoms with Crippen LogP contribution in [0.4, 0.5) is 5.69 Å². The predicted octanol–water partition coefficient (Wildman–Crippen LogP) is -0.0400. The third-order valence-electron chi connectivity index (χ3n) is 2.51. The van der Waals surface area contributed by atoms with E-state index in [0.29, 0.717) is 0 Å². The molecule has 0 radical (unpaired) electrons. The van der Waals surface area contributed by atoms with E-state index in [-0.39, 0.29) is 18.0 Å². The lowest BCUT2D eigenvalue weighted by Gasteiger charge is -2.34. The van der Waals surface area contributed by atoms with Crippen molar-refractivity contribution in [1.82, 2.24) is 4.31 Å². The highest BCUT2D eigenvalue weighted by molar-refractivity contribution is 7.89. The molecule has 0 atom stereocenters. The molecular weight excluding hydrogens is 248 g/mol. The first-order valence-corrected chi connectivity index (χ1v) is 6.28. The van der Waals surface area contributed by atoms with Gasteiger partial charge >= 0.3 is 0 Å². The van der Waals surface area contributed by atoms with Gasteiger partial charge in [-0.3, -0.25) is 10.1 Å². The highest BCUT2D eigenvalue weighted by Gasteiger charge is 2.38. The molecule has 2 rings (SSSR count). The number of benzene rings is 1. The highest BCUT2D eigenvalue weighted by Crippen LogP contribution is 2.28. The van der Waals surface area contributed by atoms with Gasteiger partial charge in [0.2, 0.25) is 10.0 Å². The first-order valence-electron chi connectivity index (χ1n) is 4.84. The Bertz CT molecular complexity index is 550. The Morgan fingerprint density at radius 1 is 1.35 bits per heavy atom. The second-order valence-electron chi connectivity index (χ2n) is 3.70. The fourth-order valence-corrected chi connectivity index (χ4v) is 3.25. The van der Waals surface area contributed by atoms with E-state index in [2.05, 4.69) is 0 Å². The van der Waals surface area contributed by atoms with Gasteiger partial charge in [-0.2, -0.15) is 4.31 Å². The van der Waals surface area contributed by atoms with E-state index in [0.717, 1.165) is 10.4 Å². The molecule has 17 heavy (non-hydrogen) atoms. The van der Waals surface area contributed by atoms with E-state index in [1.807, 2.05) is 0 Å². The molecule has 0 unspecified atom stereocenters. The molecule has 1 saturated heterocycles. The van der Waals surface area contributed by atoms with Crippen LogP contribution in [0.2, 0.25) is 0 Å². The van der Waals surface area contributed by atoms with Crippen LogP contribution in [0.5, 0.6) is 0 Å². The van der Waals surface area contributed by atoms with Gasteiger partial charge < -0.3 is 5.11 Å². The van der Waals surface area contributed by atoms with E-state index in [1.54, 1.807) is 0 Å². The summed E-state index contributed by atoms with van der Waals surface area (Å²) in [5.74, 6) is 0. The summed E-state index contributed by atoms with van der Waals surface area (Å²) in [6, 6.07) is 5.17. The third kappa shape index (κ3) is 2.02. The van der Waals surface area contributed by atoms with Crippen LogP contribution in [-0.4, -0.2) is 41.9 Å². The maximum atomic E-state index is 12.0. The number of β-amino-alcohol motifs (C(OH)–C–C–N with tert-alkyl or cyclic N) is 1. The number of hydrogen-bond acceptors (Lipinski definition) is 5. The number of para-hydroxylation sites is 1. The molecule has 0 spiro atoms. The Kier molecular flexibility index (Phi) is 2.86. The maximum absolute atomic E-state index is 12.0. The number of nitro groups is 1. The van der Waals surface area contributed by atoms with Crippen LogP contribution in [0.15, 0.2) is 29.2 Å². The molecule has 8 heteroatoms. The maximum Gasteiger partial charge on any atom is 0.289 e. The zero-order chi connectivity index (χ0) is 12.6. The van der Waals surface area contributed by atoms with Gasteiger partial charge in [-0.05, 0) is 6.07 Å². The molecule has 1 aromatic carbocycles. The van der Waals surface area contributed by atoms with Gasteiger partial charge in [0.1, 0.15) is 0 Å².